The fraction of sp³-hybridized carbons (Fsp3) is 0.348. The van der Waals surface area contributed by atoms with Crippen molar-refractivity contribution in [1.82, 2.24) is 9.29 Å². The van der Waals surface area contributed by atoms with Crippen molar-refractivity contribution < 1.29 is 13.2 Å². The largest absolute Gasteiger partial charge is 0.366 e. The molecule has 2 heterocycles. The summed E-state index contributed by atoms with van der Waals surface area (Å²) in [7, 11) is -3.16. The number of hydrogen-bond acceptors (Lipinski definition) is 4. The van der Waals surface area contributed by atoms with Gasteiger partial charge in [-0.3, -0.25) is 4.79 Å². The molecule has 1 aliphatic heterocycles. The number of benzene rings is 2. The van der Waals surface area contributed by atoms with Crippen LogP contribution in [0.5, 0.6) is 0 Å². The van der Waals surface area contributed by atoms with Crippen LogP contribution < -0.4 is 5.73 Å². The first-order chi connectivity index (χ1) is 14.8. The highest BCUT2D eigenvalue weighted by Crippen LogP contribution is 2.38. The number of piperidine rings is 1. The van der Waals surface area contributed by atoms with Gasteiger partial charge in [0.05, 0.1) is 16.8 Å². The van der Waals surface area contributed by atoms with Crippen LogP contribution in [-0.2, 0) is 10.0 Å². The summed E-state index contributed by atoms with van der Waals surface area (Å²) in [6, 6.07) is 12.2. The van der Waals surface area contributed by atoms with Crippen molar-refractivity contribution in [2.24, 2.45) is 5.73 Å². The second kappa shape index (κ2) is 8.68. The third-order valence-corrected chi connectivity index (χ3v) is 8.83. The highest BCUT2D eigenvalue weighted by Gasteiger charge is 2.29. The van der Waals surface area contributed by atoms with Gasteiger partial charge in [-0.15, -0.1) is 0 Å². The molecule has 6 nitrogen and oxygen atoms in total. The Labute approximate surface area is 187 Å². The predicted octanol–water partition coefficient (Wildman–Crippen LogP) is 4.26. The number of H-pyrrole nitrogens is 1. The van der Waals surface area contributed by atoms with Crippen molar-refractivity contribution in [2.75, 3.05) is 18.8 Å². The highest BCUT2D eigenvalue weighted by atomic mass is 32.2. The van der Waals surface area contributed by atoms with Crippen LogP contribution in [0, 0.1) is 6.92 Å². The lowest BCUT2D eigenvalue weighted by Crippen LogP contribution is -2.38. The molecule has 8 heteroatoms. The van der Waals surface area contributed by atoms with E-state index >= 15 is 0 Å². The Morgan fingerprint density at radius 3 is 2.45 bits per heavy atom. The molecule has 0 radical (unpaired) electrons. The fourth-order valence-corrected chi connectivity index (χ4v) is 6.22. The van der Waals surface area contributed by atoms with Crippen molar-refractivity contribution in [1.29, 1.82) is 0 Å². The van der Waals surface area contributed by atoms with Crippen LogP contribution in [0.4, 0.5) is 0 Å². The Bertz CT molecular complexity index is 1210. The van der Waals surface area contributed by atoms with E-state index in [0.717, 1.165) is 39.1 Å². The van der Waals surface area contributed by atoms with Gasteiger partial charge in [0.1, 0.15) is 0 Å². The molecule has 164 valence electrons. The lowest BCUT2D eigenvalue weighted by molar-refractivity contribution is 0.100. The first-order valence-corrected chi connectivity index (χ1v) is 12.9. The van der Waals surface area contributed by atoms with E-state index in [-0.39, 0.29) is 11.7 Å². The van der Waals surface area contributed by atoms with Crippen LogP contribution >= 0.6 is 11.8 Å². The minimum Gasteiger partial charge on any atom is -0.366 e. The molecule has 31 heavy (non-hydrogen) atoms. The third-order valence-electron chi connectivity index (χ3n) is 5.97. The molecule has 1 aromatic heterocycles. The molecule has 0 bridgehead atoms. The van der Waals surface area contributed by atoms with E-state index < -0.39 is 15.9 Å². The van der Waals surface area contributed by atoms with Gasteiger partial charge in [0.2, 0.25) is 10.0 Å². The molecule has 3 aromatic rings. The number of rotatable bonds is 6. The van der Waals surface area contributed by atoms with Crippen LogP contribution in [0.1, 0.15) is 47.2 Å². The van der Waals surface area contributed by atoms with E-state index in [1.54, 1.807) is 23.0 Å². The Kier molecular flexibility index (Phi) is 6.14. The summed E-state index contributed by atoms with van der Waals surface area (Å²) in [5.41, 5.74) is 9.23. The second-order valence-corrected chi connectivity index (χ2v) is 11.4. The number of aromatic nitrogens is 1. The number of carbonyl (C=O) groups excluding carboxylic acids is 1. The lowest BCUT2D eigenvalue weighted by atomic mass is 9.89. The van der Waals surface area contributed by atoms with Crippen LogP contribution in [0.25, 0.3) is 10.9 Å². The molecule has 0 aliphatic carbocycles. The van der Waals surface area contributed by atoms with Gasteiger partial charge in [-0.25, -0.2) is 12.7 Å². The van der Waals surface area contributed by atoms with E-state index in [1.165, 1.54) is 5.56 Å². The minimum absolute atomic E-state index is 0.131. The number of amides is 1. The summed E-state index contributed by atoms with van der Waals surface area (Å²) < 4.78 is 26.0. The van der Waals surface area contributed by atoms with E-state index in [1.807, 2.05) is 12.3 Å². The molecule has 1 fully saturated rings. The topological polar surface area (TPSA) is 96.3 Å². The summed E-state index contributed by atoms with van der Waals surface area (Å²) in [6.45, 7) is 4.77. The average Bonchev–Trinajstić information content (AvgIpc) is 3.18. The van der Waals surface area contributed by atoms with Gasteiger partial charge < -0.3 is 10.7 Å². The molecule has 4 rings (SSSR count). The molecular formula is C23H27N3O3S2. The zero-order valence-electron chi connectivity index (χ0n) is 17.7. The quantitative estimate of drug-likeness (QED) is 0.578. The fourth-order valence-electron chi connectivity index (χ4n) is 4.19. The maximum absolute atomic E-state index is 12.2. The molecule has 0 saturated carbocycles. The van der Waals surface area contributed by atoms with Crippen LogP contribution in [-0.4, -0.2) is 42.5 Å². The van der Waals surface area contributed by atoms with Gasteiger partial charge in [0, 0.05) is 34.5 Å². The molecule has 3 N–H and O–H groups in total. The van der Waals surface area contributed by atoms with Gasteiger partial charge >= 0.3 is 0 Å². The standard InChI is InChI=1S/C23H27N3O3S2/c1-3-31(28,29)26-10-8-16(9-11-26)21-14-25-22-19(21)12-18(13-20(22)23(24)27)30-17-6-4-15(2)5-7-17/h4-7,12-14,16,25H,3,8-11H2,1-2H3,(H2,24,27). The van der Waals surface area contributed by atoms with Crippen molar-refractivity contribution in [3.05, 3.63) is 59.3 Å². The molecule has 2 aromatic carbocycles. The summed E-state index contributed by atoms with van der Waals surface area (Å²) >= 11 is 1.60. The third kappa shape index (κ3) is 4.51. The Morgan fingerprint density at radius 2 is 1.84 bits per heavy atom. The van der Waals surface area contributed by atoms with Crippen molar-refractivity contribution in [3.63, 3.8) is 0 Å². The number of nitrogens with zero attached hydrogens (tertiary/aromatic N) is 1. The Balaban J connectivity index is 1.67. The van der Waals surface area contributed by atoms with Gasteiger partial charge in [0.25, 0.3) is 5.91 Å². The Hall–Kier alpha value is -2.29. The summed E-state index contributed by atoms with van der Waals surface area (Å²) in [4.78, 5) is 17.4. The van der Waals surface area contributed by atoms with Gasteiger partial charge in [-0.1, -0.05) is 29.5 Å². The van der Waals surface area contributed by atoms with Crippen molar-refractivity contribution in [2.45, 2.75) is 42.4 Å². The molecule has 1 saturated heterocycles. The minimum atomic E-state index is -3.16. The first-order valence-electron chi connectivity index (χ1n) is 10.5. The van der Waals surface area contributed by atoms with Crippen LogP contribution in [0.15, 0.2) is 52.4 Å². The van der Waals surface area contributed by atoms with E-state index in [4.69, 9.17) is 5.73 Å². The molecule has 0 spiro atoms. The predicted molar refractivity (Wildman–Crippen MR) is 125 cm³/mol. The van der Waals surface area contributed by atoms with Crippen molar-refractivity contribution in [3.8, 4) is 0 Å². The number of carbonyl (C=O) groups is 1. The number of hydrogen-bond donors (Lipinski definition) is 2. The first kappa shape index (κ1) is 21.9. The number of aryl methyl sites for hydroxylation is 1. The van der Waals surface area contributed by atoms with E-state index in [0.29, 0.717) is 18.7 Å². The maximum Gasteiger partial charge on any atom is 0.250 e. The molecular weight excluding hydrogens is 430 g/mol. The zero-order valence-corrected chi connectivity index (χ0v) is 19.4. The molecule has 1 amide bonds. The molecule has 0 atom stereocenters. The number of aromatic amines is 1. The SMILES string of the molecule is CCS(=O)(=O)N1CCC(c2c[nH]c3c(C(N)=O)cc(Sc4ccc(C)cc4)cc23)CC1. The summed E-state index contributed by atoms with van der Waals surface area (Å²) in [5, 5.41) is 0.989. The average molecular weight is 458 g/mol. The normalized spacial score (nSPS) is 16.1. The number of primary amides is 1. The lowest BCUT2D eigenvalue weighted by Gasteiger charge is -2.31. The van der Waals surface area contributed by atoms with E-state index in [9.17, 15) is 13.2 Å². The number of nitrogens with one attached hydrogen (secondary N) is 1. The monoisotopic (exact) mass is 457 g/mol. The molecule has 1 aliphatic rings. The molecule has 0 unspecified atom stereocenters. The number of fused-ring (bicyclic) bond motifs is 1. The summed E-state index contributed by atoms with van der Waals surface area (Å²) in [6.07, 6.45) is 3.47. The number of nitrogens with two attached hydrogens (primary N) is 1. The summed E-state index contributed by atoms with van der Waals surface area (Å²) in [5.74, 6) is -0.0993. The van der Waals surface area contributed by atoms with Gasteiger partial charge in [-0.05, 0) is 62.4 Å². The highest BCUT2D eigenvalue weighted by molar-refractivity contribution is 7.99. The van der Waals surface area contributed by atoms with Crippen molar-refractivity contribution >= 4 is 38.6 Å². The van der Waals surface area contributed by atoms with E-state index in [2.05, 4.69) is 42.2 Å². The Morgan fingerprint density at radius 1 is 1.16 bits per heavy atom. The maximum atomic E-state index is 12.2. The van der Waals surface area contributed by atoms with Gasteiger partial charge in [0.15, 0.2) is 0 Å². The smallest absolute Gasteiger partial charge is 0.250 e. The van der Waals surface area contributed by atoms with Crippen LogP contribution in [0.2, 0.25) is 0 Å². The second-order valence-electron chi connectivity index (χ2n) is 7.99. The van der Waals surface area contributed by atoms with Gasteiger partial charge in [-0.2, -0.15) is 0 Å². The number of sulfonamides is 1. The van der Waals surface area contributed by atoms with Crippen LogP contribution in [0.3, 0.4) is 0 Å². The zero-order chi connectivity index (χ0) is 22.2.